The molecule has 0 spiro atoms. The number of hydrogen-bond acceptors (Lipinski definition) is 2. The molecule has 0 heterocycles. The van der Waals surface area contributed by atoms with E-state index in [4.69, 9.17) is 0 Å². The molecule has 22 heavy (non-hydrogen) atoms. The van der Waals surface area contributed by atoms with Crippen LogP contribution in [-0.4, -0.2) is 24.4 Å². The second kappa shape index (κ2) is 8.35. The highest BCUT2D eigenvalue weighted by molar-refractivity contribution is 5.76. The van der Waals surface area contributed by atoms with Crippen LogP contribution < -0.4 is 5.32 Å². The van der Waals surface area contributed by atoms with E-state index in [0.717, 1.165) is 12.1 Å². The predicted molar refractivity (Wildman–Crippen MR) is 90.4 cm³/mol. The predicted octanol–water partition coefficient (Wildman–Crippen LogP) is 3.13. The van der Waals surface area contributed by atoms with Gasteiger partial charge in [-0.2, -0.15) is 0 Å². The monoisotopic (exact) mass is 296 g/mol. The van der Waals surface area contributed by atoms with Gasteiger partial charge in [0.25, 0.3) is 0 Å². The Kier molecular flexibility index (Phi) is 6.16. The molecule has 0 aliphatic heterocycles. The summed E-state index contributed by atoms with van der Waals surface area (Å²) in [6.45, 7) is 4.25. The molecule has 0 fully saturated rings. The molecule has 0 aliphatic carbocycles. The summed E-state index contributed by atoms with van der Waals surface area (Å²) in [6, 6.07) is 18.5. The van der Waals surface area contributed by atoms with Gasteiger partial charge in [0.15, 0.2) is 0 Å². The smallest absolute Gasteiger partial charge is 0.223 e. The zero-order valence-corrected chi connectivity index (χ0v) is 13.4. The van der Waals surface area contributed by atoms with Crippen LogP contribution in [0.3, 0.4) is 0 Å². The van der Waals surface area contributed by atoms with Crippen molar-refractivity contribution in [1.29, 1.82) is 0 Å². The average molecular weight is 296 g/mol. The van der Waals surface area contributed by atoms with Gasteiger partial charge in [0, 0.05) is 33.1 Å². The van der Waals surface area contributed by atoms with Crippen LogP contribution in [0.4, 0.5) is 0 Å². The topological polar surface area (TPSA) is 32.3 Å². The molecule has 0 aliphatic rings. The van der Waals surface area contributed by atoms with Crippen LogP contribution in [0.5, 0.6) is 0 Å². The number of benzene rings is 2. The zero-order valence-electron chi connectivity index (χ0n) is 13.4. The lowest BCUT2D eigenvalue weighted by molar-refractivity contribution is -0.130. The number of carbonyl (C=O) groups excluding carboxylic acids is 1. The molecule has 0 aromatic heterocycles. The largest absolute Gasteiger partial charge is 0.341 e. The van der Waals surface area contributed by atoms with Crippen molar-refractivity contribution in [2.45, 2.75) is 26.4 Å². The van der Waals surface area contributed by atoms with Crippen LogP contribution in [0, 0.1) is 6.92 Å². The molecule has 3 nitrogen and oxygen atoms in total. The summed E-state index contributed by atoms with van der Waals surface area (Å²) in [6.07, 6.45) is 0.523. The van der Waals surface area contributed by atoms with Crippen molar-refractivity contribution >= 4 is 5.91 Å². The number of nitrogens with one attached hydrogen (secondary N) is 1. The third kappa shape index (κ3) is 5.34. The average Bonchev–Trinajstić information content (AvgIpc) is 2.54. The summed E-state index contributed by atoms with van der Waals surface area (Å²) in [5, 5.41) is 3.32. The molecular weight excluding hydrogens is 272 g/mol. The molecule has 3 heteroatoms. The van der Waals surface area contributed by atoms with Crippen LogP contribution in [0.2, 0.25) is 0 Å². The molecule has 0 saturated heterocycles. The number of nitrogens with zero attached hydrogens (tertiary/aromatic N) is 1. The SMILES string of the molecule is Cc1ccc(CNCCC(=O)N(C)Cc2ccccc2)cc1. The van der Waals surface area contributed by atoms with E-state index < -0.39 is 0 Å². The van der Waals surface area contributed by atoms with E-state index >= 15 is 0 Å². The van der Waals surface area contributed by atoms with E-state index in [1.165, 1.54) is 11.1 Å². The van der Waals surface area contributed by atoms with Crippen molar-refractivity contribution in [1.82, 2.24) is 10.2 Å². The first-order valence-corrected chi connectivity index (χ1v) is 7.69. The fourth-order valence-corrected chi connectivity index (χ4v) is 2.27. The maximum absolute atomic E-state index is 12.1. The molecule has 1 N–H and O–H groups in total. The number of rotatable bonds is 7. The zero-order chi connectivity index (χ0) is 15.8. The lowest BCUT2D eigenvalue weighted by Crippen LogP contribution is -2.29. The summed E-state index contributed by atoms with van der Waals surface area (Å²) in [5.74, 6) is 0.167. The molecular formula is C19H24N2O. The highest BCUT2D eigenvalue weighted by atomic mass is 16.2. The third-order valence-corrected chi connectivity index (χ3v) is 3.65. The van der Waals surface area contributed by atoms with Crippen LogP contribution in [0.15, 0.2) is 54.6 Å². The lowest BCUT2D eigenvalue weighted by atomic mass is 10.1. The Bertz CT molecular complexity index is 578. The second-order valence-electron chi connectivity index (χ2n) is 5.65. The van der Waals surface area contributed by atoms with Gasteiger partial charge in [0.2, 0.25) is 5.91 Å². The molecule has 0 bridgehead atoms. The van der Waals surface area contributed by atoms with Crippen LogP contribution in [-0.2, 0) is 17.9 Å². The van der Waals surface area contributed by atoms with Crippen molar-refractivity contribution in [3.8, 4) is 0 Å². The Balaban J connectivity index is 1.67. The van der Waals surface area contributed by atoms with Crippen molar-refractivity contribution in [2.24, 2.45) is 0 Å². The number of amides is 1. The van der Waals surface area contributed by atoms with E-state index in [1.54, 1.807) is 4.90 Å². The fraction of sp³-hybridized carbons (Fsp3) is 0.316. The van der Waals surface area contributed by atoms with Gasteiger partial charge >= 0.3 is 0 Å². The van der Waals surface area contributed by atoms with Crippen molar-refractivity contribution < 1.29 is 4.79 Å². The number of aryl methyl sites for hydroxylation is 1. The van der Waals surface area contributed by atoms with Gasteiger partial charge in [-0.3, -0.25) is 4.79 Å². The Hall–Kier alpha value is -2.13. The minimum Gasteiger partial charge on any atom is -0.341 e. The maximum Gasteiger partial charge on any atom is 0.223 e. The van der Waals surface area contributed by atoms with Gasteiger partial charge in [-0.1, -0.05) is 60.2 Å². The lowest BCUT2D eigenvalue weighted by Gasteiger charge is -2.17. The van der Waals surface area contributed by atoms with Gasteiger partial charge in [-0.05, 0) is 18.1 Å². The van der Waals surface area contributed by atoms with Crippen LogP contribution >= 0.6 is 0 Å². The van der Waals surface area contributed by atoms with Gasteiger partial charge in [0.05, 0.1) is 0 Å². The normalized spacial score (nSPS) is 10.5. The van der Waals surface area contributed by atoms with Gasteiger partial charge in [-0.15, -0.1) is 0 Å². The summed E-state index contributed by atoms with van der Waals surface area (Å²) < 4.78 is 0. The van der Waals surface area contributed by atoms with Crippen LogP contribution in [0.1, 0.15) is 23.1 Å². The molecule has 0 unspecified atom stereocenters. The van der Waals surface area contributed by atoms with E-state index in [-0.39, 0.29) is 5.91 Å². The second-order valence-corrected chi connectivity index (χ2v) is 5.65. The highest BCUT2D eigenvalue weighted by Crippen LogP contribution is 2.04. The van der Waals surface area contributed by atoms with E-state index in [0.29, 0.717) is 19.5 Å². The third-order valence-electron chi connectivity index (χ3n) is 3.65. The first kappa shape index (κ1) is 16.2. The summed E-state index contributed by atoms with van der Waals surface area (Å²) in [7, 11) is 1.86. The van der Waals surface area contributed by atoms with Gasteiger partial charge < -0.3 is 10.2 Å². The quantitative estimate of drug-likeness (QED) is 0.796. The number of carbonyl (C=O) groups is 1. The molecule has 0 radical (unpaired) electrons. The molecule has 116 valence electrons. The van der Waals surface area contributed by atoms with Crippen molar-refractivity contribution in [3.05, 3.63) is 71.3 Å². The molecule has 2 rings (SSSR count). The first-order chi connectivity index (χ1) is 10.6. The first-order valence-electron chi connectivity index (χ1n) is 7.69. The van der Waals surface area contributed by atoms with E-state index in [9.17, 15) is 4.79 Å². The Morgan fingerprint density at radius 3 is 2.36 bits per heavy atom. The Morgan fingerprint density at radius 1 is 1.00 bits per heavy atom. The summed E-state index contributed by atoms with van der Waals surface area (Å²) >= 11 is 0. The van der Waals surface area contributed by atoms with Crippen molar-refractivity contribution in [3.63, 3.8) is 0 Å². The van der Waals surface area contributed by atoms with Crippen LogP contribution in [0.25, 0.3) is 0 Å². The minimum atomic E-state index is 0.167. The minimum absolute atomic E-state index is 0.167. The molecule has 2 aromatic carbocycles. The van der Waals surface area contributed by atoms with Gasteiger partial charge in [-0.25, -0.2) is 0 Å². The molecule has 2 aromatic rings. The van der Waals surface area contributed by atoms with E-state index in [1.807, 2.05) is 37.4 Å². The Morgan fingerprint density at radius 2 is 1.68 bits per heavy atom. The number of hydrogen-bond donors (Lipinski definition) is 1. The standard InChI is InChI=1S/C19H24N2O/c1-16-8-10-17(11-9-16)14-20-13-12-19(22)21(2)15-18-6-4-3-5-7-18/h3-11,20H,12-15H2,1-2H3. The summed E-state index contributed by atoms with van der Waals surface area (Å²) in [4.78, 5) is 13.9. The molecule has 0 saturated carbocycles. The summed E-state index contributed by atoms with van der Waals surface area (Å²) in [5.41, 5.74) is 3.67. The van der Waals surface area contributed by atoms with Gasteiger partial charge in [0.1, 0.15) is 0 Å². The fourth-order valence-electron chi connectivity index (χ4n) is 2.27. The highest BCUT2D eigenvalue weighted by Gasteiger charge is 2.08. The molecule has 0 atom stereocenters. The maximum atomic E-state index is 12.1. The molecule has 1 amide bonds. The Labute approximate surface area is 133 Å². The van der Waals surface area contributed by atoms with Crippen molar-refractivity contribution in [2.75, 3.05) is 13.6 Å². The van der Waals surface area contributed by atoms with E-state index in [2.05, 4.69) is 36.5 Å².